The van der Waals surface area contributed by atoms with Crippen LogP contribution >= 0.6 is 34.3 Å². The van der Waals surface area contributed by atoms with Gasteiger partial charge in [0.05, 0.1) is 9.21 Å². The number of nitrogens with one attached hydrogen (secondary N) is 1. The Morgan fingerprint density at radius 1 is 1.24 bits per heavy atom. The Labute approximate surface area is 156 Å². The molecular formula is C15H15ClN4O3S2. The molecule has 7 nitrogen and oxygen atoms in total. The minimum Gasteiger partial charge on any atom is -0.494 e. The van der Waals surface area contributed by atoms with E-state index in [-0.39, 0.29) is 23.4 Å². The number of carbonyl (C=O) groups is 1. The maximum atomic E-state index is 12.4. The highest BCUT2D eigenvalue weighted by Gasteiger charge is 2.19. The fourth-order valence-electron chi connectivity index (χ4n) is 2.23. The zero-order chi connectivity index (χ0) is 18.0. The number of thiazole rings is 1. The molecule has 0 aliphatic rings. The largest absolute Gasteiger partial charge is 0.494 e. The van der Waals surface area contributed by atoms with Gasteiger partial charge in [-0.25, -0.2) is 4.98 Å². The third kappa shape index (κ3) is 3.89. The number of nitrogens with two attached hydrogens (primary N) is 1. The summed E-state index contributed by atoms with van der Waals surface area (Å²) in [6.07, 6.45) is 0.638. The van der Waals surface area contributed by atoms with Gasteiger partial charge in [-0.3, -0.25) is 9.36 Å². The van der Waals surface area contributed by atoms with Gasteiger partial charge in [0, 0.05) is 25.2 Å². The maximum Gasteiger partial charge on any atom is 0.216 e. The lowest BCUT2D eigenvalue weighted by molar-refractivity contribution is 0.104. The Balaban J connectivity index is 1.58. The van der Waals surface area contributed by atoms with Gasteiger partial charge in [0.25, 0.3) is 0 Å². The zero-order valence-corrected chi connectivity index (χ0v) is 15.3. The molecule has 0 unspecified atom stereocenters. The van der Waals surface area contributed by atoms with Crippen LogP contribution in [0.1, 0.15) is 21.0 Å². The summed E-state index contributed by atoms with van der Waals surface area (Å²) in [4.78, 5) is 17.5. The molecule has 132 valence electrons. The Morgan fingerprint density at radius 3 is 2.60 bits per heavy atom. The summed E-state index contributed by atoms with van der Waals surface area (Å²) in [5.41, 5.74) is 5.85. The van der Waals surface area contributed by atoms with E-state index in [0.717, 1.165) is 0 Å². The van der Waals surface area contributed by atoms with Gasteiger partial charge in [-0.05, 0) is 18.6 Å². The number of carbonyl (C=O) groups excluding carboxylic acids is 1. The van der Waals surface area contributed by atoms with Crippen LogP contribution in [-0.4, -0.2) is 32.1 Å². The first-order chi connectivity index (χ1) is 12.0. The van der Waals surface area contributed by atoms with Crippen LogP contribution in [0.25, 0.3) is 0 Å². The normalized spacial score (nSPS) is 10.9. The molecule has 25 heavy (non-hydrogen) atoms. The van der Waals surface area contributed by atoms with Crippen LogP contribution in [-0.2, 0) is 6.54 Å². The molecule has 3 aromatic heterocycles. The SMILES string of the molecule is Nc1nc(NCCCn2c(O)ccc2O)sc1C(=O)c1ccc(Cl)s1. The highest BCUT2D eigenvalue weighted by Crippen LogP contribution is 2.31. The van der Waals surface area contributed by atoms with Gasteiger partial charge in [0.1, 0.15) is 10.7 Å². The molecule has 0 aliphatic carbocycles. The number of aromatic hydroxyl groups is 2. The summed E-state index contributed by atoms with van der Waals surface area (Å²) in [7, 11) is 0. The Bertz CT molecular complexity index is 883. The van der Waals surface area contributed by atoms with E-state index < -0.39 is 0 Å². The highest BCUT2D eigenvalue weighted by molar-refractivity contribution is 7.21. The number of nitrogens with zero attached hydrogens (tertiary/aromatic N) is 2. The van der Waals surface area contributed by atoms with Crippen LogP contribution in [0.3, 0.4) is 0 Å². The fraction of sp³-hybridized carbons (Fsp3) is 0.200. The molecule has 3 heterocycles. The minimum atomic E-state index is -0.192. The van der Waals surface area contributed by atoms with Crippen LogP contribution in [0.4, 0.5) is 10.9 Å². The minimum absolute atomic E-state index is 0.0125. The van der Waals surface area contributed by atoms with Crippen LogP contribution in [0.5, 0.6) is 11.8 Å². The first-order valence-corrected chi connectivity index (χ1v) is 9.34. The van der Waals surface area contributed by atoms with Crippen LogP contribution in [0, 0.1) is 0 Å². The number of rotatable bonds is 7. The second-order valence-corrected chi connectivity index (χ2v) is 7.86. The summed E-state index contributed by atoms with van der Waals surface area (Å²) < 4.78 is 1.94. The molecule has 3 rings (SSSR count). The lowest BCUT2D eigenvalue weighted by Gasteiger charge is -2.06. The van der Waals surface area contributed by atoms with Crippen LogP contribution in [0.15, 0.2) is 24.3 Å². The molecule has 0 radical (unpaired) electrons. The van der Waals surface area contributed by atoms with E-state index in [4.69, 9.17) is 17.3 Å². The molecule has 0 saturated carbocycles. The predicted molar refractivity (Wildman–Crippen MR) is 100 cm³/mol. The average molecular weight is 399 g/mol. The number of hydrogen-bond acceptors (Lipinski definition) is 8. The third-order valence-corrected chi connectivity index (χ3v) is 5.68. The van der Waals surface area contributed by atoms with E-state index in [1.807, 2.05) is 0 Å². The van der Waals surface area contributed by atoms with E-state index in [9.17, 15) is 15.0 Å². The van der Waals surface area contributed by atoms with Crippen LogP contribution < -0.4 is 11.1 Å². The molecule has 10 heteroatoms. The van der Waals surface area contributed by atoms with Crippen molar-refractivity contribution in [2.75, 3.05) is 17.6 Å². The van der Waals surface area contributed by atoms with Gasteiger partial charge in [-0.15, -0.1) is 11.3 Å². The van der Waals surface area contributed by atoms with Crippen molar-refractivity contribution in [3.8, 4) is 11.8 Å². The van der Waals surface area contributed by atoms with E-state index in [2.05, 4.69) is 10.3 Å². The van der Waals surface area contributed by atoms with Crippen molar-refractivity contribution in [2.24, 2.45) is 0 Å². The van der Waals surface area contributed by atoms with Crippen molar-refractivity contribution in [3.05, 3.63) is 38.4 Å². The summed E-state index contributed by atoms with van der Waals surface area (Å²) in [6.45, 7) is 0.987. The van der Waals surface area contributed by atoms with E-state index in [1.54, 1.807) is 12.1 Å². The molecule has 0 fully saturated rings. The molecule has 0 aromatic carbocycles. The van der Waals surface area contributed by atoms with Gasteiger partial charge < -0.3 is 21.3 Å². The summed E-state index contributed by atoms with van der Waals surface area (Å²) in [5, 5.41) is 22.8. The number of thiophene rings is 1. The third-order valence-electron chi connectivity index (χ3n) is 3.43. The van der Waals surface area contributed by atoms with Gasteiger partial charge in [0.15, 0.2) is 16.9 Å². The van der Waals surface area contributed by atoms with Gasteiger partial charge in [-0.1, -0.05) is 22.9 Å². The Hall–Kier alpha value is -2.23. The highest BCUT2D eigenvalue weighted by atomic mass is 35.5. The molecule has 0 bridgehead atoms. The topological polar surface area (TPSA) is 113 Å². The van der Waals surface area contributed by atoms with Crippen molar-refractivity contribution < 1.29 is 15.0 Å². The average Bonchev–Trinajstić information content (AvgIpc) is 3.25. The quantitative estimate of drug-likeness (QED) is 0.358. The van der Waals surface area contributed by atoms with Gasteiger partial charge >= 0.3 is 0 Å². The molecule has 0 amide bonds. The maximum absolute atomic E-state index is 12.4. The Kier molecular flexibility index (Phi) is 5.16. The second kappa shape index (κ2) is 7.34. The van der Waals surface area contributed by atoms with Crippen molar-refractivity contribution in [2.45, 2.75) is 13.0 Å². The van der Waals surface area contributed by atoms with E-state index >= 15 is 0 Å². The predicted octanol–water partition coefficient (Wildman–Crippen LogP) is 3.39. The van der Waals surface area contributed by atoms with Gasteiger partial charge in [-0.2, -0.15) is 0 Å². The molecule has 0 saturated heterocycles. The summed E-state index contributed by atoms with van der Waals surface area (Å²) >= 11 is 8.25. The molecular weight excluding hydrogens is 384 g/mol. The number of anilines is 2. The number of halogens is 1. The second-order valence-electron chi connectivity index (χ2n) is 5.15. The summed E-state index contributed by atoms with van der Waals surface area (Å²) in [5.74, 6) is 0.0156. The van der Waals surface area contributed by atoms with E-state index in [0.29, 0.717) is 38.7 Å². The Morgan fingerprint density at radius 2 is 1.96 bits per heavy atom. The van der Waals surface area contributed by atoms with Crippen LogP contribution in [0.2, 0.25) is 4.34 Å². The standard InChI is InChI=1S/C15H15ClN4O3S2/c16-9-3-2-8(24-9)12(23)13-14(17)19-15(25-13)18-6-1-7-20-10(21)4-5-11(20)22/h2-5,21-22H,1,6-7,17H2,(H,18,19). The first kappa shape index (κ1) is 17.6. The smallest absolute Gasteiger partial charge is 0.216 e. The van der Waals surface area contributed by atoms with Crippen molar-refractivity contribution in [1.29, 1.82) is 0 Å². The molecule has 3 aromatic rings. The number of ketones is 1. The van der Waals surface area contributed by atoms with Crippen molar-refractivity contribution >= 4 is 51.0 Å². The first-order valence-electron chi connectivity index (χ1n) is 7.33. The molecule has 0 atom stereocenters. The zero-order valence-electron chi connectivity index (χ0n) is 12.9. The number of hydrogen-bond donors (Lipinski definition) is 4. The lowest BCUT2D eigenvalue weighted by Crippen LogP contribution is -2.06. The molecule has 0 aliphatic heterocycles. The van der Waals surface area contributed by atoms with E-state index in [1.165, 1.54) is 39.4 Å². The lowest BCUT2D eigenvalue weighted by atomic mass is 10.3. The fourth-order valence-corrected chi connectivity index (χ4v) is 4.14. The molecule has 5 N–H and O–H groups in total. The van der Waals surface area contributed by atoms with Gasteiger partial charge in [0.2, 0.25) is 5.78 Å². The molecule has 0 spiro atoms. The van der Waals surface area contributed by atoms with Crippen molar-refractivity contribution in [3.63, 3.8) is 0 Å². The summed E-state index contributed by atoms with van der Waals surface area (Å²) in [6, 6.07) is 6.19. The monoisotopic (exact) mass is 398 g/mol. The number of aromatic nitrogens is 2. The number of nitrogen functional groups attached to an aromatic ring is 1. The van der Waals surface area contributed by atoms with Crippen molar-refractivity contribution in [1.82, 2.24) is 9.55 Å².